The molecular formula is C16H18N4O3. The Labute approximate surface area is 133 Å². The van der Waals surface area contributed by atoms with Gasteiger partial charge in [-0.25, -0.2) is 14.5 Å². The van der Waals surface area contributed by atoms with Gasteiger partial charge in [0.25, 0.3) is 5.91 Å². The number of likely N-dealkylation sites (tertiary alicyclic amines) is 1. The number of benzene rings is 1. The summed E-state index contributed by atoms with van der Waals surface area (Å²) in [5, 5.41) is 13.3. The maximum Gasteiger partial charge on any atom is 0.335 e. The van der Waals surface area contributed by atoms with Crippen LogP contribution in [0.4, 0.5) is 0 Å². The second-order valence-electron chi connectivity index (χ2n) is 5.82. The molecule has 2 heterocycles. The van der Waals surface area contributed by atoms with E-state index in [4.69, 9.17) is 5.11 Å². The molecule has 1 fully saturated rings. The van der Waals surface area contributed by atoms with Crippen LogP contribution in [0.3, 0.4) is 0 Å². The second kappa shape index (κ2) is 6.20. The van der Waals surface area contributed by atoms with E-state index in [9.17, 15) is 9.59 Å². The van der Waals surface area contributed by atoms with E-state index in [-0.39, 0.29) is 17.5 Å². The average Bonchev–Trinajstić information content (AvgIpc) is 3.08. The first-order chi connectivity index (χ1) is 11.0. The zero-order chi connectivity index (χ0) is 16.4. The smallest absolute Gasteiger partial charge is 0.335 e. The van der Waals surface area contributed by atoms with Crippen molar-refractivity contribution >= 4 is 11.9 Å². The molecule has 0 bridgehead atoms. The Bertz CT molecular complexity index is 727. The molecule has 1 atom stereocenters. The number of piperidine rings is 1. The van der Waals surface area contributed by atoms with Crippen LogP contribution in [0.15, 0.2) is 30.9 Å². The van der Waals surface area contributed by atoms with Crippen molar-refractivity contribution in [1.29, 1.82) is 0 Å². The lowest BCUT2D eigenvalue weighted by Crippen LogP contribution is -2.41. The summed E-state index contributed by atoms with van der Waals surface area (Å²) in [5.74, 6) is -1.16. The minimum Gasteiger partial charge on any atom is -0.478 e. The molecular weight excluding hydrogens is 296 g/mol. The van der Waals surface area contributed by atoms with Crippen LogP contribution < -0.4 is 0 Å². The molecule has 0 aliphatic carbocycles. The van der Waals surface area contributed by atoms with Crippen LogP contribution in [-0.4, -0.2) is 49.7 Å². The van der Waals surface area contributed by atoms with E-state index in [0.717, 1.165) is 18.4 Å². The molecule has 7 heteroatoms. The van der Waals surface area contributed by atoms with Crippen molar-refractivity contribution in [3.8, 4) is 0 Å². The molecule has 1 unspecified atom stereocenters. The Balaban J connectivity index is 1.81. The van der Waals surface area contributed by atoms with Crippen LogP contribution in [0.5, 0.6) is 0 Å². The predicted octanol–water partition coefficient (Wildman–Crippen LogP) is 1.76. The summed E-state index contributed by atoms with van der Waals surface area (Å²) in [6, 6.07) is 4.84. The van der Waals surface area contributed by atoms with Gasteiger partial charge >= 0.3 is 5.97 Å². The molecule has 0 saturated carbocycles. The number of aromatic carboxylic acids is 1. The second-order valence-corrected chi connectivity index (χ2v) is 5.82. The molecule has 1 aliphatic rings. The van der Waals surface area contributed by atoms with E-state index in [1.807, 2.05) is 0 Å². The van der Waals surface area contributed by atoms with Gasteiger partial charge in [-0.3, -0.25) is 4.79 Å². The molecule has 0 radical (unpaired) electrons. The highest BCUT2D eigenvalue weighted by atomic mass is 16.4. The Hall–Kier alpha value is -2.70. The van der Waals surface area contributed by atoms with Crippen molar-refractivity contribution in [2.45, 2.75) is 25.8 Å². The lowest BCUT2D eigenvalue weighted by atomic mass is 10.0. The number of nitrogens with zero attached hydrogens (tertiary/aromatic N) is 4. The SMILES string of the molecule is Cc1cc(C(=O)O)cc(C(=O)N2CCCC(n3cncn3)C2)c1. The molecule has 3 rings (SSSR count). The summed E-state index contributed by atoms with van der Waals surface area (Å²) in [4.78, 5) is 29.6. The Morgan fingerprint density at radius 2 is 2.04 bits per heavy atom. The zero-order valence-electron chi connectivity index (χ0n) is 12.8. The fourth-order valence-corrected chi connectivity index (χ4v) is 2.97. The highest BCUT2D eigenvalue weighted by Crippen LogP contribution is 2.22. The highest BCUT2D eigenvalue weighted by Gasteiger charge is 2.26. The standard InChI is InChI=1S/C16H18N4O3/c1-11-5-12(7-13(6-11)16(22)23)15(21)19-4-2-3-14(8-19)20-10-17-9-18-20/h5-7,9-10,14H,2-4,8H2,1H3,(H,22,23). The molecule has 1 N–H and O–H groups in total. The summed E-state index contributed by atoms with van der Waals surface area (Å²) >= 11 is 0. The fraction of sp³-hybridized carbons (Fsp3) is 0.375. The molecule has 120 valence electrons. The average molecular weight is 314 g/mol. The molecule has 1 aromatic heterocycles. The van der Waals surface area contributed by atoms with Crippen molar-refractivity contribution in [1.82, 2.24) is 19.7 Å². The van der Waals surface area contributed by atoms with Gasteiger partial charge < -0.3 is 10.0 Å². The molecule has 1 aromatic carbocycles. The largest absolute Gasteiger partial charge is 0.478 e. The third-order valence-corrected chi connectivity index (χ3v) is 4.07. The van der Waals surface area contributed by atoms with Crippen molar-refractivity contribution < 1.29 is 14.7 Å². The van der Waals surface area contributed by atoms with Crippen LogP contribution in [-0.2, 0) is 0 Å². The van der Waals surface area contributed by atoms with E-state index < -0.39 is 5.97 Å². The van der Waals surface area contributed by atoms with Crippen molar-refractivity contribution in [3.63, 3.8) is 0 Å². The molecule has 0 spiro atoms. The molecule has 7 nitrogen and oxygen atoms in total. The zero-order valence-corrected chi connectivity index (χ0v) is 12.8. The number of hydrogen-bond donors (Lipinski definition) is 1. The maximum absolute atomic E-state index is 12.7. The third-order valence-electron chi connectivity index (χ3n) is 4.07. The van der Waals surface area contributed by atoms with Gasteiger partial charge in [0.2, 0.25) is 0 Å². The van der Waals surface area contributed by atoms with Gasteiger partial charge in [0.1, 0.15) is 12.7 Å². The summed E-state index contributed by atoms with van der Waals surface area (Å²) in [6.45, 7) is 3.01. The molecule has 1 amide bonds. The van der Waals surface area contributed by atoms with Crippen LogP contribution in [0, 0.1) is 6.92 Å². The summed E-state index contributed by atoms with van der Waals surface area (Å²) in [7, 11) is 0. The van der Waals surface area contributed by atoms with Crippen molar-refractivity contribution in [2.24, 2.45) is 0 Å². The van der Waals surface area contributed by atoms with Gasteiger partial charge in [-0.2, -0.15) is 5.10 Å². The van der Waals surface area contributed by atoms with E-state index in [0.29, 0.717) is 18.7 Å². The minimum atomic E-state index is -1.03. The van der Waals surface area contributed by atoms with Gasteiger partial charge in [-0.1, -0.05) is 0 Å². The molecule has 1 saturated heterocycles. The van der Waals surface area contributed by atoms with E-state index >= 15 is 0 Å². The van der Waals surface area contributed by atoms with Crippen molar-refractivity contribution in [3.05, 3.63) is 47.5 Å². The highest BCUT2D eigenvalue weighted by molar-refractivity contribution is 5.97. The normalized spacial score (nSPS) is 18.0. The van der Waals surface area contributed by atoms with E-state index in [1.165, 1.54) is 12.4 Å². The summed E-state index contributed by atoms with van der Waals surface area (Å²) in [5.41, 5.74) is 1.32. The summed E-state index contributed by atoms with van der Waals surface area (Å²) in [6.07, 6.45) is 4.98. The topological polar surface area (TPSA) is 88.3 Å². The monoisotopic (exact) mass is 314 g/mol. The number of carbonyl (C=O) groups excluding carboxylic acids is 1. The molecule has 2 aromatic rings. The fourth-order valence-electron chi connectivity index (χ4n) is 2.97. The van der Waals surface area contributed by atoms with Gasteiger partial charge in [0.15, 0.2) is 0 Å². The number of carboxylic acid groups (broad SMARTS) is 1. The number of rotatable bonds is 3. The van der Waals surface area contributed by atoms with Gasteiger partial charge in [-0.05, 0) is 43.5 Å². The third kappa shape index (κ3) is 3.23. The lowest BCUT2D eigenvalue weighted by Gasteiger charge is -2.32. The number of hydrogen-bond acceptors (Lipinski definition) is 4. The molecule has 23 heavy (non-hydrogen) atoms. The van der Waals surface area contributed by atoms with Gasteiger partial charge in [0.05, 0.1) is 11.6 Å². The first kappa shape index (κ1) is 15.2. The maximum atomic E-state index is 12.7. The molecule has 1 aliphatic heterocycles. The van der Waals surface area contributed by atoms with E-state index in [2.05, 4.69) is 10.1 Å². The quantitative estimate of drug-likeness (QED) is 0.932. The number of carboxylic acids is 1. The number of amides is 1. The number of aromatic nitrogens is 3. The van der Waals surface area contributed by atoms with Gasteiger partial charge in [0, 0.05) is 18.7 Å². The number of aryl methyl sites for hydroxylation is 1. The van der Waals surface area contributed by atoms with Gasteiger partial charge in [-0.15, -0.1) is 0 Å². The van der Waals surface area contributed by atoms with Crippen LogP contribution in [0.1, 0.15) is 45.2 Å². The van der Waals surface area contributed by atoms with Crippen LogP contribution in [0.2, 0.25) is 0 Å². The minimum absolute atomic E-state index is 0.110. The van der Waals surface area contributed by atoms with Crippen LogP contribution in [0.25, 0.3) is 0 Å². The Morgan fingerprint density at radius 3 is 2.74 bits per heavy atom. The lowest BCUT2D eigenvalue weighted by molar-refractivity contribution is 0.0672. The first-order valence-corrected chi connectivity index (χ1v) is 7.53. The predicted molar refractivity (Wildman–Crippen MR) is 82.3 cm³/mol. The Morgan fingerprint density at radius 1 is 1.26 bits per heavy atom. The van der Waals surface area contributed by atoms with Crippen molar-refractivity contribution in [2.75, 3.05) is 13.1 Å². The van der Waals surface area contributed by atoms with Crippen LogP contribution >= 0.6 is 0 Å². The van der Waals surface area contributed by atoms with E-state index in [1.54, 1.807) is 35.0 Å². The number of carbonyl (C=O) groups is 2. The first-order valence-electron chi connectivity index (χ1n) is 7.53. The summed E-state index contributed by atoms with van der Waals surface area (Å²) < 4.78 is 1.78. The Kier molecular flexibility index (Phi) is 4.10.